The molecular formula is C17H9Cl4N5O. The van der Waals surface area contributed by atoms with E-state index in [1.807, 2.05) is 0 Å². The summed E-state index contributed by atoms with van der Waals surface area (Å²) in [5, 5.41) is 13.0. The standard InChI is InChI=1S/C17H9Cl4N5O/c18-9-1-2-11(12(20)3-9)15-8(6-22-25-15)7-23-26-17-24-14-5-10(19)4-13(21)16(14)27-17/h1-7H,(H,22,25)(H,24,26)/b23-7+. The molecule has 27 heavy (non-hydrogen) atoms. The summed E-state index contributed by atoms with van der Waals surface area (Å²) in [6, 6.07) is 8.62. The van der Waals surface area contributed by atoms with Crippen LogP contribution in [0.3, 0.4) is 0 Å². The van der Waals surface area contributed by atoms with Crippen molar-refractivity contribution in [3.8, 4) is 11.3 Å². The number of aromatic amines is 1. The highest BCUT2D eigenvalue weighted by Crippen LogP contribution is 2.31. The lowest BCUT2D eigenvalue weighted by molar-refractivity contribution is 0.617. The quantitative estimate of drug-likeness (QED) is 0.289. The van der Waals surface area contributed by atoms with Gasteiger partial charge in [0.15, 0.2) is 5.58 Å². The first-order valence-electron chi connectivity index (χ1n) is 7.55. The fourth-order valence-corrected chi connectivity index (χ4v) is 3.49. The Morgan fingerprint density at radius 3 is 2.67 bits per heavy atom. The van der Waals surface area contributed by atoms with Crippen LogP contribution in [0.4, 0.5) is 6.01 Å². The van der Waals surface area contributed by atoms with Gasteiger partial charge in [0.05, 0.1) is 28.2 Å². The number of aromatic nitrogens is 3. The van der Waals surface area contributed by atoms with Crippen molar-refractivity contribution in [2.24, 2.45) is 5.10 Å². The Morgan fingerprint density at radius 1 is 1.04 bits per heavy atom. The lowest BCUT2D eigenvalue weighted by Gasteiger charge is -2.03. The van der Waals surface area contributed by atoms with Crippen LogP contribution >= 0.6 is 46.4 Å². The van der Waals surface area contributed by atoms with Gasteiger partial charge in [-0.3, -0.25) is 5.10 Å². The third kappa shape index (κ3) is 3.75. The highest BCUT2D eigenvalue weighted by atomic mass is 35.5. The van der Waals surface area contributed by atoms with Gasteiger partial charge in [0.2, 0.25) is 0 Å². The highest BCUT2D eigenvalue weighted by molar-refractivity contribution is 6.38. The van der Waals surface area contributed by atoms with Crippen LogP contribution in [0.1, 0.15) is 5.56 Å². The molecule has 0 fully saturated rings. The summed E-state index contributed by atoms with van der Waals surface area (Å²) in [5.74, 6) is 0. The lowest BCUT2D eigenvalue weighted by Crippen LogP contribution is -1.92. The van der Waals surface area contributed by atoms with E-state index in [9.17, 15) is 0 Å². The molecule has 0 radical (unpaired) electrons. The average molecular weight is 441 g/mol. The smallest absolute Gasteiger partial charge is 0.316 e. The number of nitrogens with one attached hydrogen (secondary N) is 2. The van der Waals surface area contributed by atoms with E-state index in [2.05, 4.69) is 25.7 Å². The molecule has 0 saturated carbocycles. The molecule has 2 aromatic heterocycles. The van der Waals surface area contributed by atoms with Gasteiger partial charge in [0, 0.05) is 21.2 Å². The molecule has 4 aromatic rings. The van der Waals surface area contributed by atoms with Crippen molar-refractivity contribution in [1.29, 1.82) is 0 Å². The van der Waals surface area contributed by atoms with Gasteiger partial charge in [-0.1, -0.05) is 46.4 Å². The SMILES string of the molecule is Clc1ccc(-c2[nH]ncc2/C=N/Nc2nc3cc(Cl)cc(Cl)c3o2)c(Cl)c1. The second-order valence-electron chi connectivity index (χ2n) is 5.45. The van der Waals surface area contributed by atoms with Gasteiger partial charge in [-0.05, 0) is 30.3 Å². The molecule has 2 N–H and O–H groups in total. The third-order valence-corrected chi connectivity index (χ3v) is 4.69. The maximum atomic E-state index is 6.25. The van der Waals surface area contributed by atoms with Gasteiger partial charge >= 0.3 is 6.01 Å². The fourth-order valence-electron chi connectivity index (χ4n) is 2.47. The Bertz CT molecular complexity index is 1170. The topological polar surface area (TPSA) is 79.1 Å². The number of H-pyrrole nitrogens is 1. The number of rotatable bonds is 4. The van der Waals surface area contributed by atoms with Crippen molar-refractivity contribution in [2.45, 2.75) is 0 Å². The first-order chi connectivity index (χ1) is 13.0. The van der Waals surface area contributed by atoms with E-state index in [1.165, 1.54) is 0 Å². The van der Waals surface area contributed by atoms with Crippen molar-refractivity contribution < 1.29 is 4.42 Å². The molecule has 0 aliphatic rings. The molecule has 136 valence electrons. The zero-order valence-electron chi connectivity index (χ0n) is 13.3. The Balaban J connectivity index is 1.58. The number of hydrogen-bond donors (Lipinski definition) is 2. The number of hydrogen-bond acceptors (Lipinski definition) is 5. The Labute approximate surface area is 173 Å². The zero-order valence-corrected chi connectivity index (χ0v) is 16.3. The molecule has 0 bridgehead atoms. The van der Waals surface area contributed by atoms with Crippen LogP contribution in [0.2, 0.25) is 20.1 Å². The molecule has 0 atom stereocenters. The minimum atomic E-state index is 0.181. The minimum Gasteiger partial charge on any atom is -0.421 e. The number of nitrogens with zero attached hydrogens (tertiary/aromatic N) is 3. The average Bonchev–Trinajstić information content (AvgIpc) is 3.22. The molecule has 0 aliphatic carbocycles. The van der Waals surface area contributed by atoms with Crippen LogP contribution in [0.15, 0.2) is 46.0 Å². The first-order valence-corrected chi connectivity index (χ1v) is 9.06. The summed E-state index contributed by atoms with van der Waals surface area (Å²) in [7, 11) is 0. The second-order valence-corrected chi connectivity index (χ2v) is 7.14. The van der Waals surface area contributed by atoms with Gasteiger partial charge in [0.1, 0.15) is 5.52 Å². The van der Waals surface area contributed by atoms with Gasteiger partial charge in [0.25, 0.3) is 0 Å². The van der Waals surface area contributed by atoms with Crippen molar-refractivity contribution in [2.75, 3.05) is 5.43 Å². The van der Waals surface area contributed by atoms with Gasteiger partial charge in [-0.15, -0.1) is 0 Å². The van der Waals surface area contributed by atoms with Crippen LogP contribution in [0, 0.1) is 0 Å². The summed E-state index contributed by atoms with van der Waals surface area (Å²) in [4.78, 5) is 4.24. The van der Waals surface area contributed by atoms with Crippen LogP contribution in [0.25, 0.3) is 22.4 Å². The summed E-state index contributed by atoms with van der Waals surface area (Å²) in [6.07, 6.45) is 3.18. The van der Waals surface area contributed by atoms with Gasteiger partial charge in [-0.25, -0.2) is 5.43 Å². The number of hydrazone groups is 1. The minimum absolute atomic E-state index is 0.181. The third-order valence-electron chi connectivity index (χ3n) is 3.64. The zero-order chi connectivity index (χ0) is 19.0. The lowest BCUT2D eigenvalue weighted by atomic mass is 10.1. The van der Waals surface area contributed by atoms with Crippen LogP contribution in [-0.2, 0) is 0 Å². The summed E-state index contributed by atoms with van der Waals surface area (Å²) in [6.45, 7) is 0. The Hall–Kier alpha value is -2.25. The van der Waals surface area contributed by atoms with Gasteiger partial charge < -0.3 is 4.42 Å². The van der Waals surface area contributed by atoms with Crippen molar-refractivity contribution in [3.63, 3.8) is 0 Å². The van der Waals surface area contributed by atoms with Crippen LogP contribution in [0.5, 0.6) is 0 Å². The second kappa shape index (κ2) is 7.40. The molecule has 0 saturated heterocycles. The van der Waals surface area contributed by atoms with E-state index in [0.717, 1.165) is 5.56 Å². The number of oxazole rings is 1. The maximum absolute atomic E-state index is 6.25. The van der Waals surface area contributed by atoms with E-state index in [4.69, 9.17) is 50.8 Å². The fraction of sp³-hybridized carbons (Fsp3) is 0. The van der Waals surface area contributed by atoms with Crippen molar-refractivity contribution in [3.05, 3.63) is 62.2 Å². The Morgan fingerprint density at radius 2 is 1.85 bits per heavy atom. The maximum Gasteiger partial charge on any atom is 0.316 e. The highest BCUT2D eigenvalue weighted by Gasteiger charge is 2.12. The normalized spacial score (nSPS) is 11.6. The van der Waals surface area contributed by atoms with E-state index >= 15 is 0 Å². The van der Waals surface area contributed by atoms with E-state index in [-0.39, 0.29) is 6.01 Å². The molecule has 0 amide bonds. The molecule has 2 aromatic carbocycles. The number of benzene rings is 2. The van der Waals surface area contributed by atoms with Crippen molar-refractivity contribution in [1.82, 2.24) is 15.2 Å². The van der Waals surface area contributed by atoms with E-state index in [0.29, 0.717) is 42.4 Å². The largest absolute Gasteiger partial charge is 0.421 e. The monoisotopic (exact) mass is 439 g/mol. The molecule has 0 unspecified atom stereocenters. The predicted octanol–water partition coefficient (Wildman–Crippen LogP) is 6.28. The Kier molecular flexibility index (Phi) is 4.97. The number of fused-ring (bicyclic) bond motifs is 1. The van der Waals surface area contributed by atoms with E-state index < -0.39 is 0 Å². The molecular weight excluding hydrogens is 432 g/mol. The molecule has 6 nitrogen and oxygen atoms in total. The molecule has 0 spiro atoms. The molecule has 4 rings (SSSR count). The summed E-state index contributed by atoms with van der Waals surface area (Å²) < 4.78 is 5.53. The summed E-state index contributed by atoms with van der Waals surface area (Å²) >= 11 is 24.2. The predicted molar refractivity (Wildman–Crippen MR) is 109 cm³/mol. The van der Waals surface area contributed by atoms with Crippen LogP contribution in [-0.4, -0.2) is 21.4 Å². The molecule has 10 heteroatoms. The van der Waals surface area contributed by atoms with Crippen LogP contribution < -0.4 is 5.43 Å². The molecule has 0 aliphatic heterocycles. The number of halogens is 4. The van der Waals surface area contributed by atoms with E-state index in [1.54, 1.807) is 42.7 Å². The molecule has 2 heterocycles. The summed E-state index contributed by atoms with van der Waals surface area (Å²) in [5.41, 5.74) is 5.84. The van der Waals surface area contributed by atoms with Crippen molar-refractivity contribution >= 4 is 69.7 Å². The van der Waals surface area contributed by atoms with Gasteiger partial charge in [-0.2, -0.15) is 15.2 Å². The first kappa shape index (κ1) is 18.1. The number of anilines is 1.